The molecule has 0 N–H and O–H groups in total. The van der Waals surface area contributed by atoms with Crippen molar-refractivity contribution in [1.29, 1.82) is 5.26 Å². The third-order valence-electron chi connectivity index (χ3n) is 3.84. The van der Waals surface area contributed by atoms with Crippen LogP contribution in [0.2, 0.25) is 0 Å². The van der Waals surface area contributed by atoms with Gasteiger partial charge in [0.1, 0.15) is 23.9 Å². The van der Waals surface area contributed by atoms with E-state index in [0.29, 0.717) is 29.0 Å². The minimum Gasteiger partial charge on any atom is -0.497 e. The molecule has 0 fully saturated rings. The normalized spacial score (nSPS) is 10.1. The summed E-state index contributed by atoms with van der Waals surface area (Å²) in [7, 11) is 1.62. The van der Waals surface area contributed by atoms with Crippen molar-refractivity contribution >= 4 is 0 Å². The summed E-state index contributed by atoms with van der Waals surface area (Å²) < 4.78 is 25.1. The molecule has 3 aromatic carbocycles. The number of rotatable bonds is 5. The molecule has 3 nitrogen and oxygen atoms in total. The van der Waals surface area contributed by atoms with Crippen molar-refractivity contribution in [2.24, 2.45) is 0 Å². The number of benzene rings is 3. The highest BCUT2D eigenvalue weighted by Crippen LogP contribution is 2.30. The van der Waals surface area contributed by atoms with Gasteiger partial charge in [0.15, 0.2) is 0 Å². The van der Waals surface area contributed by atoms with Gasteiger partial charge < -0.3 is 9.47 Å². The number of ether oxygens (including phenoxy) is 2. The van der Waals surface area contributed by atoms with Gasteiger partial charge in [0.25, 0.3) is 0 Å². The highest BCUT2D eigenvalue weighted by molar-refractivity contribution is 5.72. The largest absolute Gasteiger partial charge is 0.497 e. The smallest absolute Gasteiger partial charge is 0.131 e. The first-order valence-electron chi connectivity index (χ1n) is 7.76. The Balaban J connectivity index is 1.83. The molecular weight excluding hydrogens is 317 g/mol. The van der Waals surface area contributed by atoms with Crippen LogP contribution in [-0.2, 0) is 6.61 Å². The standard InChI is InChI=1S/C21H16FNO2/c1-24-17-8-6-15(7-9-17)14-25-18-10-11-21(22)20(12-18)19-5-3-2-4-16(19)13-23/h2-12H,14H2,1H3. The first-order chi connectivity index (χ1) is 12.2. The summed E-state index contributed by atoms with van der Waals surface area (Å²) in [5, 5.41) is 9.22. The van der Waals surface area contributed by atoms with E-state index < -0.39 is 0 Å². The number of nitrogens with zero attached hydrogens (tertiary/aromatic N) is 1. The maximum absolute atomic E-state index is 14.2. The van der Waals surface area contributed by atoms with Gasteiger partial charge in [-0.05, 0) is 42.0 Å². The lowest BCUT2D eigenvalue weighted by Crippen LogP contribution is -1.97. The Bertz CT molecular complexity index is 914. The van der Waals surface area contributed by atoms with Gasteiger partial charge in [-0.3, -0.25) is 0 Å². The molecule has 0 aliphatic rings. The molecule has 0 saturated heterocycles. The summed E-state index contributed by atoms with van der Waals surface area (Å²) >= 11 is 0. The topological polar surface area (TPSA) is 42.2 Å². The fraction of sp³-hybridized carbons (Fsp3) is 0.0952. The molecule has 0 amide bonds. The first-order valence-corrected chi connectivity index (χ1v) is 7.76. The number of methoxy groups -OCH3 is 1. The molecule has 0 saturated carbocycles. The van der Waals surface area contributed by atoms with Gasteiger partial charge in [-0.15, -0.1) is 0 Å². The first kappa shape index (κ1) is 16.5. The molecule has 0 bridgehead atoms. The Hall–Kier alpha value is -3.32. The van der Waals surface area contributed by atoms with E-state index in [0.717, 1.165) is 11.3 Å². The molecule has 0 atom stereocenters. The van der Waals surface area contributed by atoms with Crippen LogP contribution in [0.15, 0.2) is 66.7 Å². The molecule has 0 aromatic heterocycles. The van der Waals surface area contributed by atoms with Crippen LogP contribution in [0.25, 0.3) is 11.1 Å². The van der Waals surface area contributed by atoms with E-state index in [4.69, 9.17) is 9.47 Å². The van der Waals surface area contributed by atoms with Crippen molar-refractivity contribution in [3.63, 3.8) is 0 Å². The highest BCUT2D eigenvalue weighted by atomic mass is 19.1. The van der Waals surface area contributed by atoms with Gasteiger partial charge in [-0.2, -0.15) is 5.26 Å². The molecule has 3 rings (SSSR count). The molecule has 0 aliphatic carbocycles. The lowest BCUT2D eigenvalue weighted by atomic mass is 10.00. The summed E-state index contributed by atoms with van der Waals surface area (Å²) in [5.41, 5.74) is 2.31. The second-order valence-electron chi connectivity index (χ2n) is 5.44. The van der Waals surface area contributed by atoms with E-state index in [9.17, 15) is 9.65 Å². The lowest BCUT2D eigenvalue weighted by Gasteiger charge is -2.11. The molecule has 0 radical (unpaired) electrons. The zero-order chi connectivity index (χ0) is 17.6. The fourth-order valence-corrected chi connectivity index (χ4v) is 2.50. The number of hydrogen-bond donors (Lipinski definition) is 0. The molecule has 0 unspecified atom stereocenters. The van der Waals surface area contributed by atoms with Crippen molar-refractivity contribution in [2.75, 3.05) is 7.11 Å². The predicted molar refractivity (Wildman–Crippen MR) is 93.9 cm³/mol. The van der Waals surface area contributed by atoms with Gasteiger partial charge in [-0.1, -0.05) is 30.3 Å². The van der Waals surface area contributed by atoms with Crippen molar-refractivity contribution in [3.05, 3.63) is 83.7 Å². The Kier molecular flexibility index (Phi) is 4.96. The average Bonchev–Trinajstić information content (AvgIpc) is 2.67. The van der Waals surface area contributed by atoms with Gasteiger partial charge in [0, 0.05) is 11.1 Å². The minimum atomic E-state index is -0.389. The van der Waals surface area contributed by atoms with E-state index in [1.807, 2.05) is 24.3 Å². The van der Waals surface area contributed by atoms with Crippen LogP contribution in [-0.4, -0.2) is 7.11 Å². The predicted octanol–water partition coefficient (Wildman–Crippen LogP) is 4.95. The summed E-state index contributed by atoms with van der Waals surface area (Å²) in [6.07, 6.45) is 0. The summed E-state index contributed by atoms with van der Waals surface area (Å²) in [4.78, 5) is 0. The zero-order valence-electron chi connectivity index (χ0n) is 13.7. The van der Waals surface area contributed by atoms with Crippen molar-refractivity contribution in [3.8, 4) is 28.7 Å². The second-order valence-corrected chi connectivity index (χ2v) is 5.44. The molecule has 0 heterocycles. The molecule has 25 heavy (non-hydrogen) atoms. The SMILES string of the molecule is COc1ccc(COc2ccc(F)c(-c3ccccc3C#N)c2)cc1. The van der Waals surface area contributed by atoms with Crippen LogP contribution in [0, 0.1) is 17.1 Å². The van der Waals surface area contributed by atoms with E-state index >= 15 is 0 Å². The molecular formula is C21H16FNO2. The molecule has 3 aromatic rings. The summed E-state index contributed by atoms with van der Waals surface area (Å²) in [6.45, 7) is 0.356. The minimum absolute atomic E-state index is 0.351. The van der Waals surface area contributed by atoms with Crippen molar-refractivity contribution < 1.29 is 13.9 Å². The maximum atomic E-state index is 14.2. The monoisotopic (exact) mass is 333 g/mol. The second kappa shape index (κ2) is 7.50. The third kappa shape index (κ3) is 3.78. The van der Waals surface area contributed by atoms with Crippen LogP contribution in [0.4, 0.5) is 4.39 Å². The van der Waals surface area contributed by atoms with Crippen LogP contribution < -0.4 is 9.47 Å². The van der Waals surface area contributed by atoms with Crippen LogP contribution in [0.3, 0.4) is 0 Å². The number of hydrogen-bond acceptors (Lipinski definition) is 3. The van der Waals surface area contributed by atoms with E-state index in [1.165, 1.54) is 6.07 Å². The van der Waals surface area contributed by atoms with Crippen molar-refractivity contribution in [2.45, 2.75) is 6.61 Å². The van der Waals surface area contributed by atoms with Gasteiger partial charge in [0.05, 0.1) is 18.7 Å². The Morgan fingerprint density at radius 1 is 0.920 bits per heavy atom. The van der Waals surface area contributed by atoms with Gasteiger partial charge in [-0.25, -0.2) is 4.39 Å². The van der Waals surface area contributed by atoms with Crippen LogP contribution >= 0.6 is 0 Å². The molecule has 4 heteroatoms. The summed E-state index contributed by atoms with van der Waals surface area (Å²) in [5.74, 6) is 0.931. The van der Waals surface area contributed by atoms with Gasteiger partial charge in [0.2, 0.25) is 0 Å². The molecule has 0 aliphatic heterocycles. The zero-order valence-corrected chi connectivity index (χ0v) is 13.7. The third-order valence-corrected chi connectivity index (χ3v) is 3.84. The Morgan fingerprint density at radius 3 is 2.36 bits per heavy atom. The molecule has 124 valence electrons. The number of halogens is 1. The maximum Gasteiger partial charge on any atom is 0.131 e. The Labute approximate surface area is 145 Å². The van der Waals surface area contributed by atoms with Crippen LogP contribution in [0.5, 0.6) is 11.5 Å². The van der Waals surface area contributed by atoms with Crippen LogP contribution in [0.1, 0.15) is 11.1 Å². The van der Waals surface area contributed by atoms with E-state index in [1.54, 1.807) is 43.5 Å². The summed E-state index contributed by atoms with van der Waals surface area (Å²) in [6, 6.07) is 21.1. The lowest BCUT2D eigenvalue weighted by molar-refractivity contribution is 0.305. The van der Waals surface area contributed by atoms with E-state index in [2.05, 4.69) is 6.07 Å². The fourth-order valence-electron chi connectivity index (χ4n) is 2.50. The van der Waals surface area contributed by atoms with E-state index in [-0.39, 0.29) is 5.82 Å². The number of nitriles is 1. The van der Waals surface area contributed by atoms with Crippen molar-refractivity contribution in [1.82, 2.24) is 0 Å². The Morgan fingerprint density at radius 2 is 1.64 bits per heavy atom. The van der Waals surface area contributed by atoms with Gasteiger partial charge >= 0.3 is 0 Å². The quantitative estimate of drug-likeness (QED) is 0.663. The average molecular weight is 333 g/mol. The highest BCUT2D eigenvalue weighted by Gasteiger charge is 2.11. The molecule has 0 spiro atoms.